The van der Waals surface area contributed by atoms with Crippen molar-refractivity contribution in [1.82, 2.24) is 4.98 Å². The van der Waals surface area contributed by atoms with E-state index in [0.29, 0.717) is 15.7 Å². The summed E-state index contributed by atoms with van der Waals surface area (Å²) in [5.41, 5.74) is 7.92. The molecule has 20 heavy (non-hydrogen) atoms. The molecule has 0 saturated heterocycles. The number of nitrogens with two attached hydrogens (primary N) is 1. The predicted molar refractivity (Wildman–Crippen MR) is 84.2 cm³/mol. The minimum Gasteiger partial charge on any atom is -0.397 e. The molecule has 1 aromatic heterocycles. The fourth-order valence-electron chi connectivity index (χ4n) is 1.59. The van der Waals surface area contributed by atoms with Gasteiger partial charge in [-0.3, -0.25) is 4.79 Å². The summed E-state index contributed by atoms with van der Waals surface area (Å²) >= 11 is 7.31. The number of nitrogens with one attached hydrogen (secondary N) is 1. The lowest BCUT2D eigenvalue weighted by atomic mass is 10.2. The molecule has 1 heterocycles. The SMILES string of the molecule is Cc1c(Cl)cccc1NC(=O)CSc1ncccc1N. The van der Waals surface area contributed by atoms with E-state index in [1.165, 1.54) is 11.8 Å². The van der Waals surface area contributed by atoms with E-state index in [1.807, 2.05) is 13.0 Å². The third-order valence-corrected chi connectivity index (χ3v) is 4.11. The monoisotopic (exact) mass is 307 g/mol. The summed E-state index contributed by atoms with van der Waals surface area (Å²) in [6.07, 6.45) is 1.65. The molecular weight excluding hydrogens is 294 g/mol. The first-order chi connectivity index (χ1) is 9.58. The molecule has 0 spiro atoms. The maximum absolute atomic E-state index is 11.9. The molecule has 3 N–H and O–H groups in total. The zero-order chi connectivity index (χ0) is 14.5. The first-order valence-corrected chi connectivity index (χ1v) is 7.32. The Morgan fingerprint density at radius 3 is 2.95 bits per heavy atom. The summed E-state index contributed by atoms with van der Waals surface area (Å²) in [4.78, 5) is 16.0. The Morgan fingerprint density at radius 1 is 1.40 bits per heavy atom. The number of nitrogens with zero attached hydrogens (tertiary/aromatic N) is 1. The van der Waals surface area contributed by atoms with Gasteiger partial charge in [-0.1, -0.05) is 29.4 Å². The van der Waals surface area contributed by atoms with E-state index in [1.54, 1.807) is 30.5 Å². The Hall–Kier alpha value is -1.72. The van der Waals surface area contributed by atoms with Crippen LogP contribution < -0.4 is 11.1 Å². The number of amides is 1. The Balaban J connectivity index is 1.96. The molecule has 2 rings (SSSR count). The van der Waals surface area contributed by atoms with E-state index in [0.717, 1.165) is 11.3 Å². The van der Waals surface area contributed by atoms with Crippen molar-refractivity contribution in [2.24, 2.45) is 0 Å². The molecule has 0 aliphatic rings. The van der Waals surface area contributed by atoms with Crippen molar-refractivity contribution in [2.45, 2.75) is 11.9 Å². The van der Waals surface area contributed by atoms with Gasteiger partial charge >= 0.3 is 0 Å². The number of rotatable bonds is 4. The number of nitrogen functional groups attached to an aromatic ring is 1. The van der Waals surface area contributed by atoms with Crippen LogP contribution in [-0.4, -0.2) is 16.6 Å². The number of anilines is 2. The molecule has 4 nitrogen and oxygen atoms in total. The highest BCUT2D eigenvalue weighted by atomic mass is 35.5. The van der Waals surface area contributed by atoms with E-state index in [-0.39, 0.29) is 11.7 Å². The largest absolute Gasteiger partial charge is 0.397 e. The van der Waals surface area contributed by atoms with Crippen LogP contribution in [0, 0.1) is 6.92 Å². The van der Waals surface area contributed by atoms with Gasteiger partial charge in [-0.25, -0.2) is 4.98 Å². The van der Waals surface area contributed by atoms with E-state index in [9.17, 15) is 4.79 Å². The summed E-state index contributed by atoms with van der Waals surface area (Å²) in [6.45, 7) is 1.86. The van der Waals surface area contributed by atoms with Crippen LogP contribution in [0.4, 0.5) is 11.4 Å². The van der Waals surface area contributed by atoms with Gasteiger partial charge in [-0.05, 0) is 36.8 Å². The van der Waals surface area contributed by atoms with Crippen LogP contribution in [0.25, 0.3) is 0 Å². The smallest absolute Gasteiger partial charge is 0.234 e. The van der Waals surface area contributed by atoms with Crippen LogP contribution in [0.1, 0.15) is 5.56 Å². The van der Waals surface area contributed by atoms with Crippen LogP contribution in [-0.2, 0) is 4.79 Å². The zero-order valence-electron chi connectivity index (χ0n) is 10.9. The second-order valence-electron chi connectivity index (χ2n) is 4.15. The minimum atomic E-state index is -0.120. The van der Waals surface area contributed by atoms with Gasteiger partial charge in [0.15, 0.2) is 0 Å². The van der Waals surface area contributed by atoms with Crippen molar-refractivity contribution in [3.8, 4) is 0 Å². The van der Waals surface area contributed by atoms with Crippen molar-refractivity contribution in [2.75, 3.05) is 16.8 Å². The van der Waals surface area contributed by atoms with Gasteiger partial charge in [0.2, 0.25) is 5.91 Å². The third kappa shape index (κ3) is 3.65. The summed E-state index contributed by atoms with van der Waals surface area (Å²) in [5.74, 6) is 0.123. The van der Waals surface area contributed by atoms with Crippen LogP contribution in [0.15, 0.2) is 41.6 Å². The Bertz CT molecular complexity index is 634. The fourth-order valence-corrected chi connectivity index (χ4v) is 2.47. The molecule has 0 fully saturated rings. The van der Waals surface area contributed by atoms with Crippen molar-refractivity contribution in [3.05, 3.63) is 47.1 Å². The van der Waals surface area contributed by atoms with Crippen molar-refractivity contribution < 1.29 is 4.79 Å². The average molecular weight is 308 g/mol. The van der Waals surface area contributed by atoms with Crippen LogP contribution >= 0.6 is 23.4 Å². The molecule has 0 atom stereocenters. The standard InChI is InChI=1S/C14H14ClN3OS/c1-9-10(15)4-2-6-12(9)18-13(19)8-20-14-11(16)5-3-7-17-14/h2-7H,8,16H2,1H3,(H,18,19). The highest BCUT2D eigenvalue weighted by Crippen LogP contribution is 2.24. The lowest BCUT2D eigenvalue weighted by Gasteiger charge is -2.09. The third-order valence-electron chi connectivity index (χ3n) is 2.68. The summed E-state index contributed by atoms with van der Waals surface area (Å²) in [5, 5.41) is 4.11. The van der Waals surface area contributed by atoms with E-state index < -0.39 is 0 Å². The van der Waals surface area contributed by atoms with Gasteiger partial charge in [0.1, 0.15) is 5.03 Å². The lowest BCUT2D eigenvalue weighted by Crippen LogP contribution is -2.15. The Morgan fingerprint density at radius 2 is 2.20 bits per heavy atom. The number of carbonyl (C=O) groups excluding carboxylic acids is 1. The molecule has 104 valence electrons. The van der Waals surface area contributed by atoms with E-state index >= 15 is 0 Å². The van der Waals surface area contributed by atoms with E-state index in [4.69, 9.17) is 17.3 Å². The maximum Gasteiger partial charge on any atom is 0.234 e. The summed E-state index contributed by atoms with van der Waals surface area (Å²) < 4.78 is 0. The summed E-state index contributed by atoms with van der Waals surface area (Å²) in [6, 6.07) is 8.92. The number of thioether (sulfide) groups is 1. The Kier molecular flexibility index (Phi) is 4.87. The molecular formula is C14H14ClN3OS. The highest BCUT2D eigenvalue weighted by molar-refractivity contribution is 8.00. The fraction of sp³-hybridized carbons (Fsp3) is 0.143. The lowest BCUT2D eigenvalue weighted by molar-refractivity contribution is -0.113. The second kappa shape index (κ2) is 6.63. The summed E-state index contributed by atoms with van der Waals surface area (Å²) in [7, 11) is 0. The first-order valence-electron chi connectivity index (χ1n) is 5.96. The van der Waals surface area contributed by atoms with Crippen LogP contribution in [0.2, 0.25) is 5.02 Å². The number of aromatic nitrogens is 1. The van der Waals surface area contributed by atoms with Crippen molar-refractivity contribution in [3.63, 3.8) is 0 Å². The number of pyridine rings is 1. The number of hydrogen-bond donors (Lipinski definition) is 2. The predicted octanol–water partition coefficient (Wildman–Crippen LogP) is 3.36. The number of halogens is 1. The van der Waals surface area contributed by atoms with Gasteiger partial charge < -0.3 is 11.1 Å². The van der Waals surface area contributed by atoms with Gasteiger partial charge in [0.25, 0.3) is 0 Å². The number of carbonyl (C=O) groups is 1. The van der Waals surface area contributed by atoms with Crippen LogP contribution in [0.5, 0.6) is 0 Å². The molecule has 0 saturated carbocycles. The Labute approximate surface area is 126 Å². The number of hydrogen-bond acceptors (Lipinski definition) is 4. The van der Waals surface area contributed by atoms with Gasteiger partial charge in [0.05, 0.1) is 11.4 Å². The van der Waals surface area contributed by atoms with Gasteiger partial charge in [0, 0.05) is 16.9 Å². The number of benzene rings is 1. The molecule has 0 bridgehead atoms. The highest BCUT2D eigenvalue weighted by Gasteiger charge is 2.09. The maximum atomic E-state index is 11.9. The first kappa shape index (κ1) is 14.7. The second-order valence-corrected chi connectivity index (χ2v) is 5.52. The van der Waals surface area contributed by atoms with Crippen LogP contribution in [0.3, 0.4) is 0 Å². The molecule has 0 aliphatic carbocycles. The quantitative estimate of drug-likeness (QED) is 0.850. The van der Waals surface area contributed by atoms with Gasteiger partial charge in [-0.2, -0.15) is 0 Å². The topological polar surface area (TPSA) is 68.0 Å². The minimum absolute atomic E-state index is 0.120. The van der Waals surface area contributed by atoms with Crippen molar-refractivity contribution >= 4 is 40.6 Å². The zero-order valence-corrected chi connectivity index (χ0v) is 12.5. The molecule has 0 aliphatic heterocycles. The molecule has 0 unspecified atom stereocenters. The normalized spacial score (nSPS) is 10.3. The van der Waals surface area contributed by atoms with Crippen molar-refractivity contribution in [1.29, 1.82) is 0 Å². The molecule has 0 radical (unpaired) electrons. The average Bonchev–Trinajstić information content (AvgIpc) is 2.43. The van der Waals surface area contributed by atoms with Gasteiger partial charge in [-0.15, -0.1) is 0 Å². The molecule has 2 aromatic rings. The van der Waals surface area contributed by atoms with E-state index in [2.05, 4.69) is 10.3 Å². The molecule has 6 heteroatoms. The molecule has 1 aromatic carbocycles. The molecule has 1 amide bonds.